The highest BCUT2D eigenvalue weighted by Crippen LogP contribution is 2.31. The van der Waals surface area contributed by atoms with Gasteiger partial charge in [-0.1, -0.05) is 0 Å². The van der Waals surface area contributed by atoms with Gasteiger partial charge in [-0.3, -0.25) is 9.59 Å². The molecule has 1 aromatic rings. The average Bonchev–Trinajstić information content (AvgIpc) is 2.93. The van der Waals surface area contributed by atoms with Crippen LogP contribution in [0.25, 0.3) is 0 Å². The maximum atomic E-state index is 12.4. The lowest BCUT2D eigenvalue weighted by atomic mass is 10.0. The fourth-order valence-corrected chi connectivity index (χ4v) is 4.00. The summed E-state index contributed by atoms with van der Waals surface area (Å²) in [7, 11) is 0. The fraction of sp³-hybridized carbons (Fsp3) is 0.500. The lowest BCUT2D eigenvalue weighted by Crippen LogP contribution is -2.37. The van der Waals surface area contributed by atoms with Crippen LogP contribution < -0.4 is 0 Å². The highest BCUT2D eigenvalue weighted by Gasteiger charge is 2.39. The summed E-state index contributed by atoms with van der Waals surface area (Å²) in [5.41, 5.74) is 0. The third-order valence-corrected chi connectivity index (χ3v) is 5.19. The van der Waals surface area contributed by atoms with Crippen LogP contribution in [0.1, 0.15) is 23.0 Å². The number of hydrogen-bond donors (Lipinski definition) is 1. The van der Waals surface area contributed by atoms with Gasteiger partial charge in [0.05, 0.1) is 5.92 Å². The molecule has 4 nitrogen and oxygen atoms in total. The highest BCUT2D eigenvalue weighted by atomic mass is 32.2. The highest BCUT2D eigenvalue weighted by molar-refractivity contribution is 7.98. The Hall–Kier alpha value is -1.01. The summed E-state index contributed by atoms with van der Waals surface area (Å²) in [6, 6.07) is 1.70. The summed E-state index contributed by atoms with van der Waals surface area (Å²) < 4.78 is 0. The molecular formula is C12H15NO3S2. The van der Waals surface area contributed by atoms with E-state index in [1.165, 1.54) is 11.3 Å². The second kappa shape index (κ2) is 5.32. The van der Waals surface area contributed by atoms with Gasteiger partial charge in [0.15, 0.2) is 0 Å². The van der Waals surface area contributed by atoms with Gasteiger partial charge in [-0.2, -0.15) is 0 Å². The zero-order valence-electron chi connectivity index (χ0n) is 10.3. The molecule has 18 heavy (non-hydrogen) atoms. The van der Waals surface area contributed by atoms with Crippen molar-refractivity contribution in [2.75, 3.05) is 12.8 Å². The van der Waals surface area contributed by atoms with Crippen LogP contribution in [-0.4, -0.2) is 40.7 Å². The van der Waals surface area contributed by atoms with E-state index in [1.807, 2.05) is 24.6 Å². The number of thioether (sulfide) groups is 1. The van der Waals surface area contributed by atoms with E-state index < -0.39 is 11.9 Å². The lowest BCUT2D eigenvalue weighted by Gasteiger charge is -2.23. The van der Waals surface area contributed by atoms with Gasteiger partial charge in [0, 0.05) is 17.5 Å². The van der Waals surface area contributed by atoms with Gasteiger partial charge in [0.1, 0.15) is 4.88 Å². The third-order valence-electron chi connectivity index (χ3n) is 3.38. The van der Waals surface area contributed by atoms with Crippen molar-refractivity contribution in [2.45, 2.75) is 24.3 Å². The van der Waals surface area contributed by atoms with Crippen LogP contribution in [-0.2, 0) is 4.79 Å². The molecule has 98 valence electrons. The third kappa shape index (κ3) is 2.27. The first kappa shape index (κ1) is 13.4. The van der Waals surface area contributed by atoms with Crippen molar-refractivity contribution < 1.29 is 14.7 Å². The van der Waals surface area contributed by atoms with Crippen LogP contribution in [0, 0.1) is 5.92 Å². The number of amides is 1. The maximum absolute atomic E-state index is 12.4. The SMILES string of the molecule is CSc1ccsc1C(=O)N1CCC(C(=O)O)C1C. The Morgan fingerprint density at radius 3 is 2.83 bits per heavy atom. The van der Waals surface area contributed by atoms with Crippen molar-refractivity contribution in [3.63, 3.8) is 0 Å². The molecule has 0 radical (unpaired) electrons. The number of carbonyl (C=O) groups is 2. The van der Waals surface area contributed by atoms with E-state index in [1.54, 1.807) is 16.7 Å². The summed E-state index contributed by atoms with van der Waals surface area (Å²) in [5.74, 6) is -1.29. The van der Waals surface area contributed by atoms with Crippen LogP contribution in [0.2, 0.25) is 0 Å². The first-order chi connectivity index (χ1) is 8.56. The van der Waals surface area contributed by atoms with Crippen LogP contribution in [0.4, 0.5) is 0 Å². The molecule has 2 atom stereocenters. The molecule has 0 aliphatic carbocycles. The number of likely N-dealkylation sites (tertiary alicyclic amines) is 1. The van der Waals surface area contributed by atoms with E-state index in [0.717, 1.165) is 9.77 Å². The van der Waals surface area contributed by atoms with Gasteiger partial charge in [0.2, 0.25) is 0 Å². The van der Waals surface area contributed by atoms with E-state index in [-0.39, 0.29) is 11.9 Å². The zero-order chi connectivity index (χ0) is 13.3. The van der Waals surface area contributed by atoms with Gasteiger partial charge in [-0.05, 0) is 31.0 Å². The monoisotopic (exact) mass is 285 g/mol. The molecule has 6 heteroatoms. The second-order valence-electron chi connectivity index (χ2n) is 4.29. The lowest BCUT2D eigenvalue weighted by molar-refractivity contribution is -0.142. The summed E-state index contributed by atoms with van der Waals surface area (Å²) in [6.07, 6.45) is 2.48. The molecule has 1 N–H and O–H groups in total. The van der Waals surface area contributed by atoms with Crippen molar-refractivity contribution in [1.82, 2.24) is 4.90 Å². The molecule has 0 saturated carbocycles. The van der Waals surface area contributed by atoms with Crippen molar-refractivity contribution in [2.24, 2.45) is 5.92 Å². The van der Waals surface area contributed by atoms with Gasteiger partial charge in [-0.25, -0.2) is 0 Å². The molecular weight excluding hydrogens is 270 g/mol. The number of thiophene rings is 1. The van der Waals surface area contributed by atoms with E-state index in [0.29, 0.717) is 13.0 Å². The molecule has 1 saturated heterocycles. The van der Waals surface area contributed by atoms with Crippen LogP contribution in [0.5, 0.6) is 0 Å². The maximum Gasteiger partial charge on any atom is 0.308 e. The standard InChI is InChI=1S/C12H15NO3S2/c1-7-8(12(15)16)3-5-13(7)11(14)10-9(17-2)4-6-18-10/h4,6-8H,3,5H2,1-2H3,(H,15,16). The zero-order valence-corrected chi connectivity index (χ0v) is 11.9. The minimum absolute atomic E-state index is 0.0365. The Bertz CT molecular complexity index is 472. The minimum atomic E-state index is -0.811. The average molecular weight is 285 g/mol. The Morgan fingerprint density at radius 2 is 2.28 bits per heavy atom. The molecule has 0 bridgehead atoms. The number of nitrogens with zero attached hydrogens (tertiary/aromatic N) is 1. The van der Waals surface area contributed by atoms with Gasteiger partial charge in [0.25, 0.3) is 5.91 Å². The van der Waals surface area contributed by atoms with Gasteiger partial charge in [-0.15, -0.1) is 23.1 Å². The molecule has 2 heterocycles. The minimum Gasteiger partial charge on any atom is -0.481 e. The molecule has 2 unspecified atom stereocenters. The molecule has 1 amide bonds. The van der Waals surface area contributed by atoms with Crippen molar-refractivity contribution in [1.29, 1.82) is 0 Å². The number of rotatable bonds is 3. The molecule has 2 rings (SSSR count). The van der Waals surface area contributed by atoms with Gasteiger partial charge >= 0.3 is 5.97 Å². The van der Waals surface area contributed by atoms with E-state index in [9.17, 15) is 9.59 Å². The van der Waals surface area contributed by atoms with E-state index >= 15 is 0 Å². The van der Waals surface area contributed by atoms with Crippen molar-refractivity contribution >= 4 is 35.0 Å². The number of carboxylic acid groups (broad SMARTS) is 1. The molecule has 1 aliphatic heterocycles. The second-order valence-corrected chi connectivity index (χ2v) is 6.05. The summed E-state index contributed by atoms with van der Waals surface area (Å²) in [4.78, 5) is 26.8. The Balaban J connectivity index is 2.18. The topological polar surface area (TPSA) is 57.6 Å². The predicted molar refractivity (Wildman–Crippen MR) is 72.3 cm³/mol. The first-order valence-electron chi connectivity index (χ1n) is 5.71. The molecule has 1 aromatic heterocycles. The van der Waals surface area contributed by atoms with E-state index in [4.69, 9.17) is 5.11 Å². The summed E-state index contributed by atoms with van der Waals surface area (Å²) >= 11 is 2.97. The molecule has 1 aliphatic rings. The van der Waals surface area contributed by atoms with Crippen LogP contribution >= 0.6 is 23.1 Å². The fourth-order valence-electron chi connectivity index (χ4n) is 2.30. The summed E-state index contributed by atoms with van der Waals surface area (Å²) in [6.45, 7) is 2.35. The molecule has 1 fully saturated rings. The normalized spacial score (nSPS) is 23.3. The first-order valence-corrected chi connectivity index (χ1v) is 7.82. The molecule has 0 spiro atoms. The van der Waals surface area contributed by atoms with Crippen molar-refractivity contribution in [3.8, 4) is 0 Å². The molecule has 0 aromatic carbocycles. The number of hydrogen-bond acceptors (Lipinski definition) is 4. The quantitative estimate of drug-likeness (QED) is 0.866. The number of aliphatic carboxylic acids is 1. The Labute approximate surface area is 114 Å². The smallest absolute Gasteiger partial charge is 0.308 e. The van der Waals surface area contributed by atoms with E-state index in [2.05, 4.69) is 0 Å². The number of carboxylic acids is 1. The van der Waals surface area contributed by atoms with Gasteiger partial charge < -0.3 is 10.0 Å². The van der Waals surface area contributed by atoms with Crippen molar-refractivity contribution in [3.05, 3.63) is 16.3 Å². The van der Waals surface area contributed by atoms with Crippen LogP contribution in [0.15, 0.2) is 16.3 Å². The largest absolute Gasteiger partial charge is 0.481 e. The Kier molecular flexibility index (Phi) is 3.97. The number of carbonyl (C=O) groups excluding carboxylic acids is 1. The summed E-state index contributed by atoms with van der Waals surface area (Å²) in [5, 5.41) is 11.0. The Morgan fingerprint density at radius 1 is 1.56 bits per heavy atom. The predicted octanol–water partition coefficient (Wildman–Crippen LogP) is 2.41. The van der Waals surface area contributed by atoms with Crippen LogP contribution in [0.3, 0.4) is 0 Å².